The van der Waals surface area contributed by atoms with Crippen molar-refractivity contribution in [1.82, 2.24) is 4.90 Å². The Bertz CT molecular complexity index is 1280. The molecular weight excluding hydrogens is 495 g/mol. The van der Waals surface area contributed by atoms with Crippen LogP contribution in [0.15, 0.2) is 47.4 Å². The summed E-state index contributed by atoms with van der Waals surface area (Å²) in [5, 5.41) is 8.89. The molecule has 2 aromatic rings. The highest BCUT2D eigenvalue weighted by atomic mass is 32.2. The van der Waals surface area contributed by atoms with Gasteiger partial charge in [-0.2, -0.15) is 5.26 Å². The average Bonchev–Trinajstić information content (AvgIpc) is 2.88. The summed E-state index contributed by atoms with van der Waals surface area (Å²) in [6.45, 7) is 6.59. The number of piperidine rings is 1. The van der Waals surface area contributed by atoms with E-state index in [0.29, 0.717) is 39.0 Å². The van der Waals surface area contributed by atoms with Crippen molar-refractivity contribution in [3.63, 3.8) is 0 Å². The van der Waals surface area contributed by atoms with E-state index >= 15 is 0 Å². The Balaban J connectivity index is 1.50. The Morgan fingerprint density at radius 3 is 2.49 bits per heavy atom. The van der Waals surface area contributed by atoms with E-state index in [1.165, 1.54) is 30.3 Å². The van der Waals surface area contributed by atoms with E-state index in [0.717, 1.165) is 12.0 Å². The number of nitrogens with zero attached hydrogens (tertiary/aromatic N) is 2. The van der Waals surface area contributed by atoms with Gasteiger partial charge in [-0.3, -0.25) is 4.79 Å². The normalized spacial score (nSPS) is 21.7. The predicted molar refractivity (Wildman–Crippen MR) is 136 cm³/mol. The molecule has 9 heteroatoms. The monoisotopic (exact) mass is 528 g/mol. The Labute approximate surface area is 218 Å². The van der Waals surface area contributed by atoms with Crippen LogP contribution in [0, 0.1) is 17.1 Å². The summed E-state index contributed by atoms with van der Waals surface area (Å²) in [5.41, 5.74) is 0.714. The maximum atomic E-state index is 13.5. The number of sulfone groups is 1. The van der Waals surface area contributed by atoms with Crippen molar-refractivity contribution in [3.8, 4) is 6.07 Å². The Morgan fingerprint density at radius 2 is 1.89 bits per heavy atom. The van der Waals surface area contributed by atoms with Crippen LogP contribution in [-0.2, 0) is 19.3 Å². The van der Waals surface area contributed by atoms with Gasteiger partial charge in [-0.05, 0) is 69.5 Å². The molecule has 4 rings (SSSR count). The highest BCUT2D eigenvalue weighted by Gasteiger charge is 2.45. The van der Waals surface area contributed by atoms with Crippen LogP contribution in [0.2, 0.25) is 0 Å². The summed E-state index contributed by atoms with van der Waals surface area (Å²) in [4.78, 5) is 15.0. The molecule has 37 heavy (non-hydrogen) atoms. The third-order valence-corrected chi connectivity index (χ3v) is 9.56. The van der Waals surface area contributed by atoms with Gasteiger partial charge in [0.05, 0.1) is 33.5 Å². The van der Waals surface area contributed by atoms with Crippen molar-refractivity contribution in [1.29, 1.82) is 5.26 Å². The van der Waals surface area contributed by atoms with Crippen LogP contribution in [0.4, 0.5) is 4.39 Å². The fourth-order valence-electron chi connectivity index (χ4n) is 5.25. The second kappa shape index (κ2) is 10.9. The fraction of sp³-hybridized carbons (Fsp3) is 0.500. The molecule has 2 heterocycles. The molecule has 0 aromatic heterocycles. The number of ether oxygens (including phenoxy) is 2. The molecule has 198 valence electrons. The number of amides is 1. The molecule has 0 radical (unpaired) electrons. The lowest BCUT2D eigenvalue weighted by Gasteiger charge is -2.48. The number of hydrogen-bond acceptors (Lipinski definition) is 6. The van der Waals surface area contributed by atoms with Gasteiger partial charge in [0.15, 0.2) is 9.84 Å². The summed E-state index contributed by atoms with van der Waals surface area (Å²) >= 11 is 0. The van der Waals surface area contributed by atoms with Crippen molar-refractivity contribution in [3.05, 3.63) is 65.0 Å². The van der Waals surface area contributed by atoms with Crippen LogP contribution in [0.5, 0.6) is 0 Å². The number of likely N-dealkylation sites (tertiary alicyclic amines) is 1. The van der Waals surface area contributed by atoms with E-state index in [4.69, 9.17) is 9.47 Å². The summed E-state index contributed by atoms with van der Waals surface area (Å²) in [7, 11) is -3.64. The zero-order valence-electron chi connectivity index (χ0n) is 21.4. The highest BCUT2D eigenvalue weighted by Crippen LogP contribution is 2.44. The molecule has 1 spiro atoms. The van der Waals surface area contributed by atoms with Gasteiger partial charge in [-0.25, -0.2) is 12.8 Å². The molecule has 1 amide bonds. The zero-order valence-corrected chi connectivity index (χ0v) is 22.3. The van der Waals surface area contributed by atoms with Gasteiger partial charge < -0.3 is 14.4 Å². The molecule has 2 atom stereocenters. The minimum absolute atomic E-state index is 0.00434. The lowest BCUT2D eigenvalue weighted by Crippen LogP contribution is -2.52. The number of rotatable bonds is 6. The van der Waals surface area contributed by atoms with Gasteiger partial charge in [0.25, 0.3) is 5.91 Å². The lowest BCUT2D eigenvalue weighted by molar-refractivity contribution is -0.190. The van der Waals surface area contributed by atoms with Crippen LogP contribution in [0.3, 0.4) is 0 Å². The molecule has 0 bridgehead atoms. The van der Waals surface area contributed by atoms with E-state index in [1.54, 1.807) is 30.9 Å². The maximum Gasteiger partial charge on any atom is 0.253 e. The molecule has 0 unspecified atom stereocenters. The number of carbonyl (C=O) groups is 1. The number of carbonyl (C=O) groups excluding carboxylic acids is 1. The number of benzene rings is 2. The lowest BCUT2D eigenvalue weighted by atomic mass is 9.80. The van der Waals surface area contributed by atoms with E-state index in [-0.39, 0.29) is 40.0 Å². The van der Waals surface area contributed by atoms with Crippen molar-refractivity contribution < 1.29 is 27.1 Å². The van der Waals surface area contributed by atoms with Crippen molar-refractivity contribution in [2.24, 2.45) is 0 Å². The smallest absolute Gasteiger partial charge is 0.253 e. The van der Waals surface area contributed by atoms with Crippen LogP contribution >= 0.6 is 0 Å². The second-order valence-electron chi connectivity index (χ2n) is 10.1. The Hall–Kier alpha value is -2.80. The molecule has 7 nitrogen and oxygen atoms in total. The van der Waals surface area contributed by atoms with Crippen LogP contribution in [0.1, 0.15) is 74.0 Å². The molecule has 0 saturated carbocycles. The first-order valence-corrected chi connectivity index (χ1v) is 14.3. The minimum atomic E-state index is -3.64. The van der Waals surface area contributed by atoms with Gasteiger partial charge in [0.2, 0.25) is 0 Å². The third kappa shape index (κ3) is 5.71. The molecule has 0 aliphatic carbocycles. The van der Waals surface area contributed by atoms with Gasteiger partial charge in [0.1, 0.15) is 11.9 Å². The molecule has 0 N–H and O–H groups in total. The highest BCUT2D eigenvalue weighted by molar-refractivity contribution is 7.92. The van der Waals surface area contributed by atoms with E-state index in [1.807, 2.05) is 13.0 Å². The van der Waals surface area contributed by atoms with E-state index < -0.39 is 20.7 Å². The molecular formula is C28H33FN2O5S. The Morgan fingerprint density at radius 1 is 1.22 bits per heavy atom. The summed E-state index contributed by atoms with van der Waals surface area (Å²) in [6, 6.07) is 12.5. The first kappa shape index (κ1) is 27.2. The molecule has 2 aliphatic heterocycles. The maximum absolute atomic E-state index is 13.5. The summed E-state index contributed by atoms with van der Waals surface area (Å²) < 4.78 is 51.3. The van der Waals surface area contributed by atoms with E-state index in [9.17, 15) is 22.9 Å². The third-order valence-electron chi connectivity index (χ3n) is 7.35. The predicted octanol–water partition coefficient (Wildman–Crippen LogP) is 4.81. The van der Waals surface area contributed by atoms with Gasteiger partial charge >= 0.3 is 0 Å². The van der Waals surface area contributed by atoms with Gasteiger partial charge in [0, 0.05) is 38.1 Å². The molecule has 2 saturated heterocycles. The van der Waals surface area contributed by atoms with Crippen molar-refractivity contribution in [2.45, 2.75) is 74.4 Å². The molecule has 2 aromatic carbocycles. The van der Waals surface area contributed by atoms with Gasteiger partial charge in [-0.15, -0.1) is 0 Å². The number of nitriles is 1. The minimum Gasteiger partial charge on any atom is -0.378 e. The zero-order chi connectivity index (χ0) is 26.8. The second-order valence-corrected chi connectivity index (χ2v) is 12.5. The van der Waals surface area contributed by atoms with Crippen molar-refractivity contribution in [2.75, 3.05) is 19.7 Å². The largest absolute Gasteiger partial charge is 0.378 e. The summed E-state index contributed by atoms with van der Waals surface area (Å²) in [5.74, 6) is -0.538. The van der Waals surface area contributed by atoms with Gasteiger partial charge in [-0.1, -0.05) is 12.1 Å². The SMILES string of the molecule is CCO[C@@H]1C[C@H](c2ccc(F)cc2)OC2(CCN(C(=O)c3ccc(S(=O)(=O)C(C)C)c(C#N)c3)CC2)C1. The topological polar surface area (TPSA) is 96.7 Å². The Kier molecular flexibility index (Phi) is 8.02. The van der Waals surface area contributed by atoms with Crippen LogP contribution in [0.25, 0.3) is 0 Å². The number of hydrogen-bond donors (Lipinski definition) is 0. The standard InChI is InChI=1S/C28H33FN2O5S/c1-4-35-24-16-25(20-5-8-23(29)9-6-20)36-28(17-24)11-13-31(14-12-28)27(32)21-7-10-26(22(15-21)18-30)37(33,34)19(2)3/h5-10,15,19,24-25H,4,11-14,16-17H2,1-3H3/t24-,25-/m1/s1. The van der Waals surface area contributed by atoms with E-state index in [2.05, 4.69) is 0 Å². The first-order valence-electron chi connectivity index (χ1n) is 12.7. The quantitative estimate of drug-likeness (QED) is 0.534. The van der Waals surface area contributed by atoms with Crippen LogP contribution < -0.4 is 0 Å². The van der Waals surface area contributed by atoms with Crippen LogP contribution in [-0.4, -0.2) is 55.9 Å². The fourth-order valence-corrected chi connectivity index (χ4v) is 6.43. The first-order chi connectivity index (χ1) is 17.6. The molecule has 2 fully saturated rings. The van der Waals surface area contributed by atoms with Crippen molar-refractivity contribution >= 4 is 15.7 Å². The molecule has 2 aliphatic rings. The number of halogens is 1. The summed E-state index contributed by atoms with van der Waals surface area (Å²) in [6.07, 6.45) is 2.43. The average molecular weight is 529 g/mol.